The Morgan fingerprint density at radius 1 is 1.38 bits per heavy atom. The number of anilines is 1. The van der Waals surface area contributed by atoms with Crippen LogP contribution in [0.5, 0.6) is 0 Å². The summed E-state index contributed by atoms with van der Waals surface area (Å²) in [4.78, 5) is 11.9. The minimum Gasteiger partial charge on any atom is -0.459 e. The quantitative estimate of drug-likeness (QED) is 0.828. The van der Waals surface area contributed by atoms with Gasteiger partial charge in [0, 0.05) is 29.6 Å². The number of carbonyl (C=O) groups excluding carboxylic acids is 1. The van der Waals surface area contributed by atoms with Crippen molar-refractivity contribution in [3.63, 3.8) is 0 Å². The van der Waals surface area contributed by atoms with Crippen molar-refractivity contribution in [3.8, 4) is 11.1 Å². The molecule has 3 rings (SSSR count). The lowest BCUT2D eigenvalue weighted by molar-refractivity contribution is -0.155. The molecular weight excluding hydrogens is 340 g/mol. The Balaban J connectivity index is 1.87. The van der Waals surface area contributed by atoms with E-state index in [1.165, 1.54) is 16.9 Å². The number of nitrogens with one attached hydrogen (secondary N) is 1. The average Bonchev–Trinajstić information content (AvgIpc) is 2.99. The van der Waals surface area contributed by atoms with Gasteiger partial charge in [0.25, 0.3) is 6.43 Å². The van der Waals surface area contributed by atoms with E-state index in [0.29, 0.717) is 11.1 Å². The highest BCUT2D eigenvalue weighted by molar-refractivity contribution is 5.73. The molecule has 0 saturated heterocycles. The van der Waals surface area contributed by atoms with Crippen LogP contribution in [0.3, 0.4) is 0 Å². The summed E-state index contributed by atoms with van der Waals surface area (Å²) < 4.78 is 33.8. The van der Waals surface area contributed by atoms with Gasteiger partial charge in [0.05, 0.1) is 6.20 Å². The highest BCUT2D eigenvalue weighted by atomic mass is 19.3. The summed E-state index contributed by atoms with van der Waals surface area (Å²) in [5.74, 6) is -0.420. The van der Waals surface area contributed by atoms with Crippen molar-refractivity contribution >= 4 is 11.7 Å². The zero-order chi connectivity index (χ0) is 18.9. The molecule has 0 radical (unpaired) electrons. The van der Waals surface area contributed by atoms with Crippen LogP contribution in [0.15, 0.2) is 24.5 Å². The molecule has 1 N–H and O–H groups in total. The zero-order valence-corrected chi connectivity index (χ0v) is 15.2. The third-order valence-electron chi connectivity index (χ3n) is 4.10. The fourth-order valence-corrected chi connectivity index (χ4v) is 3.06. The van der Waals surface area contributed by atoms with Gasteiger partial charge in [-0.25, -0.2) is 8.78 Å². The van der Waals surface area contributed by atoms with Gasteiger partial charge in [0.1, 0.15) is 12.1 Å². The molecular formula is C19H23F2N3O2. The highest BCUT2D eigenvalue weighted by Gasteiger charge is 2.21. The van der Waals surface area contributed by atoms with Gasteiger partial charge in [-0.05, 0) is 56.9 Å². The van der Waals surface area contributed by atoms with E-state index in [0.717, 1.165) is 30.6 Å². The lowest BCUT2D eigenvalue weighted by atomic mass is 9.94. The number of halogens is 2. The Labute approximate surface area is 151 Å². The second kappa shape index (κ2) is 7.05. The second-order valence-electron chi connectivity index (χ2n) is 7.44. The van der Waals surface area contributed by atoms with Crippen molar-refractivity contribution in [3.05, 3.63) is 35.7 Å². The predicted molar refractivity (Wildman–Crippen MR) is 95.3 cm³/mol. The molecule has 2 aromatic rings. The summed E-state index contributed by atoms with van der Waals surface area (Å²) >= 11 is 0. The number of carbonyl (C=O) groups is 1. The van der Waals surface area contributed by atoms with Gasteiger partial charge in [0.15, 0.2) is 0 Å². The van der Waals surface area contributed by atoms with Gasteiger partial charge in [-0.1, -0.05) is 0 Å². The van der Waals surface area contributed by atoms with Crippen LogP contribution in [-0.4, -0.2) is 27.9 Å². The van der Waals surface area contributed by atoms with Gasteiger partial charge in [0.2, 0.25) is 0 Å². The maximum atomic E-state index is 13.6. The molecule has 2 heterocycles. The smallest absolute Gasteiger partial charge is 0.328 e. The Kier molecular flexibility index (Phi) is 4.98. The molecule has 1 aliphatic heterocycles. The molecule has 1 aromatic heterocycles. The van der Waals surface area contributed by atoms with Crippen molar-refractivity contribution in [2.45, 2.75) is 52.2 Å². The van der Waals surface area contributed by atoms with Crippen molar-refractivity contribution in [1.29, 1.82) is 0 Å². The van der Waals surface area contributed by atoms with Crippen LogP contribution in [0.25, 0.3) is 11.1 Å². The van der Waals surface area contributed by atoms with Gasteiger partial charge in [-0.2, -0.15) is 5.10 Å². The van der Waals surface area contributed by atoms with E-state index in [1.807, 2.05) is 0 Å². The number of alkyl halides is 2. The molecule has 0 atom stereocenters. The van der Waals surface area contributed by atoms with E-state index in [2.05, 4.69) is 10.4 Å². The fourth-order valence-electron chi connectivity index (χ4n) is 3.06. The Hall–Kier alpha value is -2.44. The molecule has 26 heavy (non-hydrogen) atoms. The minimum atomic E-state index is -2.59. The summed E-state index contributed by atoms with van der Waals surface area (Å²) in [6, 6.07) is 3.33. The number of nitrogens with zero attached hydrogens (tertiary/aromatic N) is 2. The maximum absolute atomic E-state index is 13.6. The number of rotatable bonds is 4. The van der Waals surface area contributed by atoms with E-state index in [9.17, 15) is 13.6 Å². The summed E-state index contributed by atoms with van der Waals surface area (Å²) in [6.45, 7) is 6.09. The first-order valence-corrected chi connectivity index (χ1v) is 8.66. The number of hydrogen-bond acceptors (Lipinski definition) is 4. The number of ether oxygens (including phenoxy) is 1. The van der Waals surface area contributed by atoms with Crippen LogP contribution >= 0.6 is 0 Å². The van der Waals surface area contributed by atoms with E-state index in [4.69, 9.17) is 4.74 Å². The first-order valence-electron chi connectivity index (χ1n) is 8.66. The summed E-state index contributed by atoms with van der Waals surface area (Å²) in [5.41, 5.74) is 2.21. The predicted octanol–water partition coefficient (Wildman–Crippen LogP) is 4.19. The standard InChI is InChI=1S/C19H23F2N3O2/c1-19(2,3)26-17(25)11-24-10-13(9-23-24)14-7-12-5-4-6-22-16(12)8-15(14)18(20)21/h7-10,18,22H,4-6,11H2,1-3H3. The normalized spacial score (nSPS) is 14.1. The average molecular weight is 363 g/mol. The number of esters is 1. The molecule has 1 aliphatic rings. The Morgan fingerprint density at radius 2 is 2.15 bits per heavy atom. The third-order valence-corrected chi connectivity index (χ3v) is 4.10. The van der Waals surface area contributed by atoms with Crippen LogP contribution in [0.1, 0.15) is 44.7 Å². The van der Waals surface area contributed by atoms with Crippen LogP contribution in [0.4, 0.5) is 14.5 Å². The maximum Gasteiger partial charge on any atom is 0.328 e. The molecule has 7 heteroatoms. The zero-order valence-electron chi connectivity index (χ0n) is 15.2. The van der Waals surface area contributed by atoms with E-state index >= 15 is 0 Å². The van der Waals surface area contributed by atoms with Gasteiger partial charge < -0.3 is 10.1 Å². The van der Waals surface area contributed by atoms with Crippen LogP contribution in [-0.2, 0) is 22.5 Å². The Bertz CT molecular complexity index is 810. The molecule has 1 aromatic carbocycles. The van der Waals surface area contributed by atoms with Crippen LogP contribution < -0.4 is 5.32 Å². The number of hydrogen-bond donors (Lipinski definition) is 1. The number of aryl methyl sites for hydroxylation is 1. The van der Waals surface area contributed by atoms with Crippen molar-refractivity contribution in [2.75, 3.05) is 11.9 Å². The first kappa shape index (κ1) is 18.4. The monoisotopic (exact) mass is 363 g/mol. The molecule has 0 unspecified atom stereocenters. The number of fused-ring (bicyclic) bond motifs is 1. The summed E-state index contributed by atoms with van der Waals surface area (Å²) in [6.07, 6.45) is 2.35. The summed E-state index contributed by atoms with van der Waals surface area (Å²) in [7, 11) is 0. The SMILES string of the molecule is CC(C)(C)OC(=O)Cn1cc(-c2cc3c(cc2C(F)F)NCCC3)cn1. The third kappa shape index (κ3) is 4.20. The molecule has 0 bridgehead atoms. The number of benzene rings is 1. The van der Waals surface area contributed by atoms with Crippen LogP contribution in [0, 0.1) is 0 Å². The second-order valence-corrected chi connectivity index (χ2v) is 7.44. The first-order chi connectivity index (χ1) is 12.2. The molecule has 0 saturated carbocycles. The molecule has 140 valence electrons. The summed E-state index contributed by atoms with van der Waals surface area (Å²) in [5, 5.41) is 7.30. The van der Waals surface area contributed by atoms with E-state index in [-0.39, 0.29) is 12.1 Å². The molecule has 5 nitrogen and oxygen atoms in total. The van der Waals surface area contributed by atoms with Crippen molar-refractivity contribution < 1.29 is 18.3 Å². The fraction of sp³-hybridized carbons (Fsp3) is 0.474. The van der Waals surface area contributed by atoms with Gasteiger partial charge in [-0.3, -0.25) is 9.48 Å². The lowest BCUT2D eigenvalue weighted by Crippen LogP contribution is -2.26. The van der Waals surface area contributed by atoms with Crippen molar-refractivity contribution in [1.82, 2.24) is 9.78 Å². The van der Waals surface area contributed by atoms with Gasteiger partial charge in [-0.15, -0.1) is 0 Å². The topological polar surface area (TPSA) is 56.1 Å². The largest absolute Gasteiger partial charge is 0.459 e. The lowest BCUT2D eigenvalue weighted by Gasteiger charge is -2.21. The van der Waals surface area contributed by atoms with E-state index in [1.54, 1.807) is 33.0 Å². The van der Waals surface area contributed by atoms with Crippen LogP contribution in [0.2, 0.25) is 0 Å². The number of aromatic nitrogens is 2. The van der Waals surface area contributed by atoms with Crippen molar-refractivity contribution in [2.24, 2.45) is 0 Å². The van der Waals surface area contributed by atoms with Gasteiger partial charge >= 0.3 is 5.97 Å². The molecule has 0 spiro atoms. The molecule has 0 fully saturated rings. The molecule has 0 aliphatic carbocycles. The minimum absolute atomic E-state index is 0.0324. The van der Waals surface area contributed by atoms with E-state index < -0.39 is 18.0 Å². The highest BCUT2D eigenvalue weighted by Crippen LogP contribution is 2.36. The Morgan fingerprint density at radius 3 is 2.85 bits per heavy atom. The molecule has 0 amide bonds.